The second-order valence-corrected chi connectivity index (χ2v) is 28.1. The standard InChI is InChI=1S/C73H80BN3/c1-47-39-55-57(72(12,13)37-35-70(55,8)9)45-62(47)77-63-41-50(69(5,6)7)31-33-59(63)74-60-44-56-58(73(14,15)38-36-71(56,10)11)46-64(60)76(61-34-32-49(68(2,3)4)40-54(61)48-25-19-16-20-26-48)65-42-53(43-66(77)67(65)74)75(51-27-21-17-22-28-51)52-29-23-18-24-30-52/h16-34,39-46H,35-38H2,1-15H3. The molecule has 0 amide bonds. The summed E-state index contributed by atoms with van der Waals surface area (Å²) in [5.74, 6) is 0. The summed E-state index contributed by atoms with van der Waals surface area (Å²) < 4.78 is 0. The maximum absolute atomic E-state index is 2.72. The fraction of sp³-hybridized carbons (Fsp3) is 0.342. The Bertz CT molecular complexity index is 3580. The molecule has 0 saturated heterocycles. The van der Waals surface area contributed by atoms with Gasteiger partial charge in [-0.15, -0.1) is 0 Å². The molecule has 0 radical (unpaired) electrons. The van der Waals surface area contributed by atoms with E-state index in [1.807, 2.05) is 0 Å². The average Bonchev–Trinajstić information content (AvgIpc) is 3.59. The number of aryl methyl sites for hydroxylation is 1. The van der Waals surface area contributed by atoms with Crippen molar-refractivity contribution >= 4 is 74.3 Å². The number of hydrogen-bond donors (Lipinski definition) is 0. The van der Waals surface area contributed by atoms with Crippen molar-refractivity contribution in [3.63, 3.8) is 0 Å². The molecule has 3 nitrogen and oxygen atoms in total. The van der Waals surface area contributed by atoms with Crippen LogP contribution in [0, 0.1) is 6.92 Å². The summed E-state index contributed by atoms with van der Waals surface area (Å²) in [4.78, 5) is 7.93. The molecule has 0 fully saturated rings. The largest absolute Gasteiger partial charge is 0.311 e. The number of hydrogen-bond acceptors (Lipinski definition) is 3. The molecule has 12 rings (SSSR count). The Kier molecular flexibility index (Phi) is 11.7. The van der Waals surface area contributed by atoms with Gasteiger partial charge in [-0.25, -0.2) is 0 Å². The van der Waals surface area contributed by atoms with Gasteiger partial charge < -0.3 is 14.7 Å². The first-order chi connectivity index (χ1) is 36.3. The van der Waals surface area contributed by atoms with E-state index < -0.39 is 0 Å². The fourth-order valence-corrected chi connectivity index (χ4v) is 13.8. The highest BCUT2D eigenvalue weighted by Crippen LogP contribution is 2.55. The lowest BCUT2D eigenvalue weighted by molar-refractivity contribution is 0.332. The minimum atomic E-state index is -0.0781. The molecule has 0 bridgehead atoms. The topological polar surface area (TPSA) is 9.72 Å². The van der Waals surface area contributed by atoms with Gasteiger partial charge in [-0.3, -0.25) is 0 Å². The van der Waals surface area contributed by atoms with Gasteiger partial charge in [0.1, 0.15) is 0 Å². The SMILES string of the molecule is Cc1cc2c(cc1N1c3cc(C(C)(C)C)ccc3B3c4cc5c(cc4N(c4ccc(C(C)(C)C)cc4-c4ccccc4)c4cc(N(c6ccccc6)c6ccccc6)cc1c43)C(C)(C)CCC5(C)C)C(C)(C)CCC2(C)C. The highest BCUT2D eigenvalue weighted by atomic mass is 15.2. The molecule has 4 aliphatic rings. The third kappa shape index (κ3) is 8.38. The monoisotopic (exact) mass is 1010 g/mol. The molecule has 0 aromatic heterocycles. The van der Waals surface area contributed by atoms with Crippen LogP contribution in [-0.4, -0.2) is 6.71 Å². The van der Waals surface area contributed by atoms with E-state index >= 15 is 0 Å². The predicted octanol–water partition coefficient (Wildman–Crippen LogP) is 18.5. The molecule has 4 heteroatoms. The molecule has 77 heavy (non-hydrogen) atoms. The third-order valence-electron chi connectivity index (χ3n) is 18.8. The summed E-state index contributed by atoms with van der Waals surface area (Å²) in [5, 5.41) is 0. The lowest BCUT2D eigenvalue weighted by atomic mass is 9.33. The van der Waals surface area contributed by atoms with Gasteiger partial charge in [-0.05, 0) is 193 Å². The molecule has 2 aliphatic carbocycles. The van der Waals surface area contributed by atoms with Crippen molar-refractivity contribution < 1.29 is 0 Å². The zero-order valence-corrected chi connectivity index (χ0v) is 48.8. The smallest absolute Gasteiger partial charge is 0.252 e. The molecule has 2 aliphatic heterocycles. The Morgan fingerprint density at radius 2 is 0.818 bits per heavy atom. The second-order valence-electron chi connectivity index (χ2n) is 28.1. The summed E-state index contributed by atoms with van der Waals surface area (Å²) >= 11 is 0. The van der Waals surface area contributed by atoms with E-state index in [9.17, 15) is 0 Å². The van der Waals surface area contributed by atoms with Crippen LogP contribution in [0.5, 0.6) is 0 Å². The molecule has 390 valence electrons. The van der Waals surface area contributed by atoms with Crippen LogP contribution in [0.25, 0.3) is 11.1 Å². The Morgan fingerprint density at radius 1 is 0.390 bits per heavy atom. The Hall–Kier alpha value is -6.78. The van der Waals surface area contributed by atoms with Gasteiger partial charge in [0.25, 0.3) is 6.71 Å². The van der Waals surface area contributed by atoms with E-state index in [0.29, 0.717) is 0 Å². The minimum Gasteiger partial charge on any atom is -0.311 e. The van der Waals surface area contributed by atoms with E-state index in [1.165, 1.54) is 107 Å². The minimum absolute atomic E-state index is 0.00749. The molecule has 8 aromatic carbocycles. The summed E-state index contributed by atoms with van der Waals surface area (Å²) in [6.45, 7) is 36.3. The maximum atomic E-state index is 2.72. The van der Waals surface area contributed by atoms with Crippen molar-refractivity contribution in [2.75, 3.05) is 14.7 Å². The van der Waals surface area contributed by atoms with E-state index in [0.717, 1.165) is 36.3 Å². The van der Waals surface area contributed by atoms with Gasteiger partial charge in [-0.1, -0.05) is 194 Å². The van der Waals surface area contributed by atoms with Gasteiger partial charge in [-0.2, -0.15) is 0 Å². The fourth-order valence-electron chi connectivity index (χ4n) is 13.8. The van der Waals surface area contributed by atoms with E-state index in [-0.39, 0.29) is 39.2 Å². The van der Waals surface area contributed by atoms with Crippen LogP contribution < -0.4 is 31.1 Å². The molecule has 2 heterocycles. The van der Waals surface area contributed by atoms with Crippen LogP contribution in [0.4, 0.5) is 51.2 Å². The lowest BCUT2D eigenvalue weighted by Crippen LogP contribution is -2.62. The Balaban J connectivity index is 1.28. The van der Waals surface area contributed by atoms with Crippen LogP contribution in [0.3, 0.4) is 0 Å². The van der Waals surface area contributed by atoms with Gasteiger partial charge in [0.2, 0.25) is 0 Å². The number of nitrogens with zero attached hydrogens (tertiary/aromatic N) is 3. The highest BCUT2D eigenvalue weighted by Gasteiger charge is 2.48. The zero-order valence-electron chi connectivity index (χ0n) is 48.8. The van der Waals surface area contributed by atoms with Crippen LogP contribution in [0.2, 0.25) is 0 Å². The Labute approximate surface area is 462 Å². The van der Waals surface area contributed by atoms with E-state index in [2.05, 4.69) is 282 Å². The molecule has 0 unspecified atom stereocenters. The Morgan fingerprint density at radius 3 is 1.34 bits per heavy atom. The van der Waals surface area contributed by atoms with Crippen LogP contribution in [0.1, 0.15) is 162 Å². The molecule has 0 N–H and O–H groups in total. The van der Waals surface area contributed by atoms with Crippen LogP contribution >= 0.6 is 0 Å². The van der Waals surface area contributed by atoms with Crippen molar-refractivity contribution in [2.45, 2.75) is 162 Å². The second kappa shape index (κ2) is 17.6. The first-order valence-corrected chi connectivity index (χ1v) is 28.7. The van der Waals surface area contributed by atoms with Crippen LogP contribution in [-0.2, 0) is 32.5 Å². The third-order valence-corrected chi connectivity index (χ3v) is 18.8. The highest BCUT2D eigenvalue weighted by molar-refractivity contribution is 7.00. The van der Waals surface area contributed by atoms with Gasteiger partial charge in [0.05, 0.1) is 11.4 Å². The van der Waals surface area contributed by atoms with Crippen molar-refractivity contribution in [3.05, 3.63) is 203 Å². The summed E-state index contributed by atoms with van der Waals surface area (Å²) in [7, 11) is 0. The van der Waals surface area contributed by atoms with Crippen molar-refractivity contribution in [1.29, 1.82) is 0 Å². The number of para-hydroxylation sites is 2. The van der Waals surface area contributed by atoms with Gasteiger partial charge in [0.15, 0.2) is 0 Å². The number of anilines is 9. The average molecular weight is 1010 g/mol. The zero-order chi connectivity index (χ0) is 54.4. The predicted molar refractivity (Wildman–Crippen MR) is 333 cm³/mol. The molecule has 0 saturated carbocycles. The quantitative estimate of drug-likeness (QED) is 0.154. The molecular formula is C73H80BN3. The van der Waals surface area contributed by atoms with Gasteiger partial charge >= 0.3 is 0 Å². The number of benzene rings is 8. The maximum Gasteiger partial charge on any atom is 0.252 e. The molecule has 0 atom stereocenters. The van der Waals surface area contributed by atoms with Gasteiger partial charge in [0, 0.05) is 45.4 Å². The summed E-state index contributed by atoms with van der Waals surface area (Å²) in [5.41, 5.74) is 27.2. The normalized spacial score (nSPS) is 17.4. The molecule has 0 spiro atoms. The van der Waals surface area contributed by atoms with E-state index in [1.54, 1.807) is 0 Å². The van der Waals surface area contributed by atoms with Crippen molar-refractivity contribution in [2.24, 2.45) is 0 Å². The first kappa shape index (κ1) is 51.0. The van der Waals surface area contributed by atoms with Crippen molar-refractivity contribution in [3.8, 4) is 11.1 Å². The van der Waals surface area contributed by atoms with Crippen LogP contribution in [0.15, 0.2) is 164 Å². The summed E-state index contributed by atoms with van der Waals surface area (Å²) in [6, 6.07) is 63.8. The number of fused-ring (bicyclic) bond motifs is 6. The number of rotatable bonds is 6. The summed E-state index contributed by atoms with van der Waals surface area (Å²) in [6.07, 6.45) is 4.61. The first-order valence-electron chi connectivity index (χ1n) is 28.7. The lowest BCUT2D eigenvalue weighted by Gasteiger charge is -2.48. The van der Waals surface area contributed by atoms with Crippen molar-refractivity contribution in [1.82, 2.24) is 0 Å². The van der Waals surface area contributed by atoms with E-state index in [4.69, 9.17) is 0 Å². The molecule has 8 aromatic rings. The molecular weight excluding hydrogens is 930 g/mol.